The summed E-state index contributed by atoms with van der Waals surface area (Å²) in [4.78, 5) is 47.9. The van der Waals surface area contributed by atoms with E-state index in [9.17, 15) is 19.5 Å². The van der Waals surface area contributed by atoms with Gasteiger partial charge in [-0.15, -0.1) is 24.9 Å². The molecule has 1 spiro atoms. The number of para-hydroxylation sites is 1. The Morgan fingerprint density at radius 3 is 2.33 bits per heavy atom. The van der Waals surface area contributed by atoms with Crippen molar-refractivity contribution in [3.05, 3.63) is 91.5 Å². The summed E-state index contributed by atoms with van der Waals surface area (Å²) in [5, 5.41) is 9.90. The lowest BCUT2D eigenvalue weighted by Crippen LogP contribution is -2.57. The highest BCUT2D eigenvalue weighted by atomic mass is 32.2. The number of nitrogens with zero attached hydrogens (tertiary/aromatic N) is 3. The number of amides is 3. The number of likely N-dealkylation sites (tertiary alicyclic amines) is 1. The Kier molecular flexibility index (Phi) is 8.19. The van der Waals surface area contributed by atoms with Gasteiger partial charge in [-0.3, -0.25) is 14.4 Å². The fraction of sp³-hybridized carbons (Fsp3) is 0.406. The van der Waals surface area contributed by atoms with E-state index in [4.69, 9.17) is 0 Å². The van der Waals surface area contributed by atoms with E-state index in [-0.39, 0.29) is 42.0 Å². The number of hydrogen-bond acceptors (Lipinski definition) is 5. The first kappa shape index (κ1) is 28.2. The summed E-state index contributed by atoms with van der Waals surface area (Å²) < 4.78 is -0.749. The molecule has 3 aliphatic heterocycles. The van der Waals surface area contributed by atoms with Crippen molar-refractivity contribution in [3.8, 4) is 0 Å². The first-order chi connectivity index (χ1) is 19.4. The van der Waals surface area contributed by atoms with Crippen molar-refractivity contribution < 1.29 is 19.5 Å². The van der Waals surface area contributed by atoms with Gasteiger partial charge in [0.2, 0.25) is 17.7 Å². The number of carbonyl (C=O) groups excluding carboxylic acids is 3. The van der Waals surface area contributed by atoms with E-state index in [1.807, 2.05) is 60.7 Å². The predicted octanol–water partition coefficient (Wildman–Crippen LogP) is 3.75. The molecular weight excluding hydrogens is 522 g/mol. The normalized spacial score (nSPS) is 28.3. The van der Waals surface area contributed by atoms with Gasteiger partial charge >= 0.3 is 0 Å². The van der Waals surface area contributed by atoms with Crippen LogP contribution in [0.15, 0.2) is 86.0 Å². The maximum Gasteiger partial charge on any atom is 0.247 e. The molecule has 40 heavy (non-hydrogen) atoms. The minimum absolute atomic E-state index is 0.0463. The topological polar surface area (TPSA) is 81.2 Å². The number of rotatable bonds is 11. The Balaban J connectivity index is 1.54. The number of benzene rings is 2. The minimum Gasteiger partial charge on any atom is -0.395 e. The highest BCUT2D eigenvalue weighted by molar-refractivity contribution is 8.02. The van der Waals surface area contributed by atoms with E-state index in [1.54, 1.807) is 38.6 Å². The standard InChI is InChI=1S/C32H37N3O4S/c1-4-16-33(21-23-12-8-6-9-13-23)31(39)28-32-22(3)20-25(40-32)26(27(32)30(38)35(28)18-19-36)29(37)34(17-5-2)24-14-10-7-11-15-24/h4-15,22,25-28,36H,1-2,16-21H2,3H3/t22?,25-,26+,27+,28?,32?/m1/s1. The van der Waals surface area contributed by atoms with Crippen molar-refractivity contribution in [3.63, 3.8) is 0 Å². The molecule has 8 heteroatoms. The van der Waals surface area contributed by atoms with Crippen molar-refractivity contribution in [1.29, 1.82) is 0 Å². The van der Waals surface area contributed by atoms with Crippen LogP contribution in [0, 0.1) is 17.8 Å². The lowest BCUT2D eigenvalue weighted by atomic mass is 9.65. The van der Waals surface area contributed by atoms with Crippen LogP contribution in [0.25, 0.3) is 0 Å². The second-order valence-corrected chi connectivity index (χ2v) is 12.4. The SMILES string of the molecule is C=CCN(Cc1ccccc1)C(=O)C1N(CCO)C(=O)[C@@H]2[C@@H](C(=O)N(CC=C)c3ccccc3)[C@H]3CC(C)C12S3. The number of carbonyl (C=O) groups is 3. The summed E-state index contributed by atoms with van der Waals surface area (Å²) in [6.45, 7) is 10.7. The van der Waals surface area contributed by atoms with Crippen LogP contribution in [0.2, 0.25) is 0 Å². The second kappa shape index (κ2) is 11.6. The number of anilines is 1. The number of fused-ring (bicyclic) bond motifs is 1. The molecule has 3 heterocycles. The van der Waals surface area contributed by atoms with Crippen LogP contribution in [0.3, 0.4) is 0 Å². The third kappa shape index (κ3) is 4.57. The van der Waals surface area contributed by atoms with E-state index in [0.717, 1.165) is 17.7 Å². The van der Waals surface area contributed by atoms with E-state index in [0.29, 0.717) is 19.6 Å². The quantitative estimate of drug-likeness (QED) is 0.424. The molecule has 7 nitrogen and oxygen atoms in total. The third-order valence-electron chi connectivity index (χ3n) is 8.63. The van der Waals surface area contributed by atoms with E-state index >= 15 is 0 Å². The number of aliphatic hydroxyl groups is 1. The molecule has 3 aliphatic rings. The summed E-state index contributed by atoms with van der Waals surface area (Å²) in [5.41, 5.74) is 1.74. The molecule has 2 aromatic carbocycles. The van der Waals surface area contributed by atoms with Gasteiger partial charge in [0.25, 0.3) is 0 Å². The van der Waals surface area contributed by atoms with Crippen molar-refractivity contribution in [2.24, 2.45) is 17.8 Å². The van der Waals surface area contributed by atoms with Crippen LogP contribution >= 0.6 is 11.8 Å². The summed E-state index contributed by atoms with van der Waals surface area (Å²) in [7, 11) is 0. The lowest BCUT2D eigenvalue weighted by molar-refractivity contribution is -0.143. The molecular formula is C32H37N3O4S. The minimum atomic E-state index is -0.770. The largest absolute Gasteiger partial charge is 0.395 e. The Labute approximate surface area is 240 Å². The molecule has 2 aromatic rings. The summed E-state index contributed by atoms with van der Waals surface area (Å²) in [6.07, 6.45) is 4.14. The van der Waals surface area contributed by atoms with Gasteiger partial charge in [-0.1, -0.05) is 67.6 Å². The first-order valence-electron chi connectivity index (χ1n) is 13.9. The molecule has 0 aliphatic carbocycles. The summed E-state index contributed by atoms with van der Waals surface area (Å²) in [6, 6.07) is 18.4. The zero-order valence-electron chi connectivity index (χ0n) is 22.9. The monoisotopic (exact) mass is 559 g/mol. The second-order valence-electron chi connectivity index (χ2n) is 10.9. The van der Waals surface area contributed by atoms with Gasteiger partial charge in [0, 0.05) is 37.1 Å². The Bertz CT molecular complexity index is 1270. The number of aliphatic hydroxyl groups excluding tert-OH is 1. The molecule has 3 saturated heterocycles. The Morgan fingerprint density at radius 1 is 1.05 bits per heavy atom. The lowest BCUT2D eigenvalue weighted by Gasteiger charge is -2.41. The van der Waals surface area contributed by atoms with Gasteiger partial charge in [-0.25, -0.2) is 0 Å². The summed E-state index contributed by atoms with van der Waals surface area (Å²) in [5.74, 6) is -1.64. The van der Waals surface area contributed by atoms with Gasteiger partial charge in [-0.2, -0.15) is 0 Å². The van der Waals surface area contributed by atoms with Gasteiger partial charge in [0.05, 0.1) is 23.2 Å². The van der Waals surface area contributed by atoms with E-state index in [1.165, 1.54) is 0 Å². The molecule has 0 radical (unpaired) electrons. The fourth-order valence-corrected chi connectivity index (χ4v) is 9.44. The van der Waals surface area contributed by atoms with E-state index in [2.05, 4.69) is 20.1 Å². The van der Waals surface area contributed by atoms with Crippen LogP contribution in [-0.2, 0) is 20.9 Å². The smallest absolute Gasteiger partial charge is 0.247 e. The zero-order valence-corrected chi connectivity index (χ0v) is 23.7. The average molecular weight is 560 g/mol. The van der Waals surface area contributed by atoms with Gasteiger partial charge in [0.1, 0.15) is 6.04 Å². The Morgan fingerprint density at radius 2 is 1.70 bits per heavy atom. The van der Waals surface area contributed by atoms with Crippen molar-refractivity contribution in [2.75, 3.05) is 31.1 Å². The zero-order chi connectivity index (χ0) is 28.4. The van der Waals surface area contributed by atoms with Gasteiger partial charge in [-0.05, 0) is 30.0 Å². The highest BCUT2D eigenvalue weighted by Crippen LogP contribution is 2.69. The number of hydrogen-bond donors (Lipinski definition) is 1. The molecule has 3 amide bonds. The molecule has 3 unspecified atom stereocenters. The molecule has 0 saturated carbocycles. The van der Waals surface area contributed by atoms with Crippen molar-refractivity contribution in [2.45, 2.75) is 35.9 Å². The predicted molar refractivity (Wildman–Crippen MR) is 159 cm³/mol. The third-order valence-corrected chi connectivity index (χ3v) is 10.7. The maximum absolute atomic E-state index is 14.5. The molecule has 1 N–H and O–H groups in total. The molecule has 0 aromatic heterocycles. The molecule has 2 bridgehead atoms. The average Bonchev–Trinajstić information content (AvgIpc) is 3.56. The van der Waals surface area contributed by atoms with E-state index < -0.39 is 22.6 Å². The fourth-order valence-electron chi connectivity index (χ4n) is 7.03. The number of thioether (sulfide) groups is 1. The molecule has 6 atom stereocenters. The molecule has 5 rings (SSSR count). The van der Waals surface area contributed by atoms with Crippen LogP contribution in [0.1, 0.15) is 18.9 Å². The van der Waals surface area contributed by atoms with Crippen LogP contribution in [-0.4, -0.2) is 74.9 Å². The van der Waals surface area contributed by atoms with Crippen LogP contribution in [0.4, 0.5) is 5.69 Å². The van der Waals surface area contributed by atoms with Gasteiger partial charge < -0.3 is 19.8 Å². The first-order valence-corrected chi connectivity index (χ1v) is 14.8. The van der Waals surface area contributed by atoms with Crippen molar-refractivity contribution >= 4 is 35.2 Å². The molecule has 210 valence electrons. The molecule has 3 fully saturated rings. The van der Waals surface area contributed by atoms with Crippen molar-refractivity contribution in [1.82, 2.24) is 9.80 Å². The summed E-state index contributed by atoms with van der Waals surface area (Å²) >= 11 is 1.65. The van der Waals surface area contributed by atoms with Crippen LogP contribution in [0.5, 0.6) is 0 Å². The number of β-amino-alcohol motifs (C(OH)–C–C–N with tert-alkyl or cyclic N) is 1. The highest BCUT2D eigenvalue weighted by Gasteiger charge is 2.76. The Hall–Kier alpha value is -3.36. The van der Waals surface area contributed by atoms with Gasteiger partial charge in [0.15, 0.2) is 0 Å². The van der Waals surface area contributed by atoms with Crippen LogP contribution < -0.4 is 4.90 Å². The maximum atomic E-state index is 14.5.